The van der Waals surface area contributed by atoms with Crippen LogP contribution in [0.25, 0.3) is 0 Å². The van der Waals surface area contributed by atoms with Crippen molar-refractivity contribution in [3.05, 3.63) is 0 Å². The number of unbranched alkanes of at least 4 members (excludes halogenated alkanes) is 2. The van der Waals surface area contributed by atoms with E-state index in [2.05, 4.69) is 62.3 Å². The molecule has 0 fully saturated rings. The summed E-state index contributed by atoms with van der Waals surface area (Å²) in [7, 11) is 0. The molecule has 23 heavy (non-hydrogen) atoms. The van der Waals surface area contributed by atoms with Crippen molar-refractivity contribution in [2.45, 2.75) is 127 Å². The van der Waals surface area contributed by atoms with Gasteiger partial charge in [-0.1, -0.05) is 107 Å². The first-order valence-electron chi connectivity index (χ1n) is 10.5. The predicted molar refractivity (Wildman–Crippen MR) is 108 cm³/mol. The third-order valence-electron chi connectivity index (χ3n) is 6.94. The van der Waals surface area contributed by atoms with E-state index in [1.165, 1.54) is 64.2 Å². The Morgan fingerprint density at radius 2 is 1.39 bits per heavy atom. The first-order chi connectivity index (χ1) is 10.5. The molecule has 0 spiro atoms. The quantitative estimate of drug-likeness (QED) is 0.297. The summed E-state index contributed by atoms with van der Waals surface area (Å²) in [6, 6.07) is 0. The van der Waals surface area contributed by atoms with E-state index < -0.39 is 0 Å². The lowest BCUT2D eigenvalue weighted by atomic mass is 9.57. The summed E-state index contributed by atoms with van der Waals surface area (Å²) in [5.41, 5.74) is 1.38. The SMILES string of the molecule is CCCCC(C)(C)CC(C)(CC)C(C)(C)CCCCC(C)CC. The average Bonchev–Trinajstić information content (AvgIpc) is 2.48. The number of hydrogen-bond donors (Lipinski definition) is 0. The van der Waals surface area contributed by atoms with E-state index in [4.69, 9.17) is 0 Å². The highest BCUT2D eigenvalue weighted by Crippen LogP contribution is 2.52. The molecule has 0 aromatic heterocycles. The zero-order chi connectivity index (χ0) is 18.1. The van der Waals surface area contributed by atoms with Gasteiger partial charge in [-0.25, -0.2) is 0 Å². The number of hydrogen-bond acceptors (Lipinski definition) is 0. The number of rotatable bonds is 13. The van der Waals surface area contributed by atoms with Gasteiger partial charge in [-0.2, -0.15) is 0 Å². The molecule has 2 atom stereocenters. The van der Waals surface area contributed by atoms with Gasteiger partial charge in [0, 0.05) is 0 Å². The highest BCUT2D eigenvalue weighted by molar-refractivity contribution is 4.92. The normalized spacial score (nSPS) is 17.1. The molecule has 0 bridgehead atoms. The molecule has 0 saturated heterocycles. The van der Waals surface area contributed by atoms with Crippen molar-refractivity contribution in [2.24, 2.45) is 22.2 Å². The van der Waals surface area contributed by atoms with Gasteiger partial charge in [-0.15, -0.1) is 0 Å². The van der Waals surface area contributed by atoms with Gasteiger partial charge >= 0.3 is 0 Å². The van der Waals surface area contributed by atoms with Crippen LogP contribution in [0.3, 0.4) is 0 Å². The third kappa shape index (κ3) is 8.08. The Morgan fingerprint density at radius 3 is 1.87 bits per heavy atom. The maximum atomic E-state index is 2.56. The summed E-state index contributed by atoms with van der Waals surface area (Å²) < 4.78 is 0. The van der Waals surface area contributed by atoms with E-state index in [9.17, 15) is 0 Å². The Balaban J connectivity index is 4.67. The van der Waals surface area contributed by atoms with Gasteiger partial charge < -0.3 is 0 Å². The van der Waals surface area contributed by atoms with Crippen LogP contribution in [0.1, 0.15) is 127 Å². The topological polar surface area (TPSA) is 0 Å². The highest BCUT2D eigenvalue weighted by atomic mass is 14.5. The lowest BCUT2D eigenvalue weighted by Crippen LogP contribution is -2.38. The first kappa shape index (κ1) is 23.0. The zero-order valence-corrected chi connectivity index (χ0v) is 18.1. The fourth-order valence-corrected chi connectivity index (χ4v) is 4.21. The second-order valence-corrected chi connectivity index (χ2v) is 10.0. The minimum atomic E-state index is 0.445. The van der Waals surface area contributed by atoms with Crippen molar-refractivity contribution in [3.63, 3.8) is 0 Å². The fraction of sp³-hybridized carbons (Fsp3) is 1.00. The Hall–Kier alpha value is 0. The Morgan fingerprint density at radius 1 is 0.783 bits per heavy atom. The van der Waals surface area contributed by atoms with Crippen molar-refractivity contribution in [2.75, 3.05) is 0 Å². The Kier molecular flexibility index (Phi) is 10.1. The molecule has 0 aliphatic heterocycles. The second-order valence-electron chi connectivity index (χ2n) is 10.0. The summed E-state index contributed by atoms with van der Waals surface area (Å²) in [6.45, 7) is 22.1. The molecule has 0 rings (SSSR count). The van der Waals surface area contributed by atoms with Crippen molar-refractivity contribution in [3.8, 4) is 0 Å². The minimum Gasteiger partial charge on any atom is -0.0654 e. The van der Waals surface area contributed by atoms with Crippen molar-refractivity contribution in [1.82, 2.24) is 0 Å². The van der Waals surface area contributed by atoms with Crippen LogP contribution in [0.15, 0.2) is 0 Å². The molecule has 0 aliphatic carbocycles. The third-order valence-corrected chi connectivity index (χ3v) is 6.94. The molecule has 0 radical (unpaired) electrons. The van der Waals surface area contributed by atoms with Crippen LogP contribution >= 0.6 is 0 Å². The van der Waals surface area contributed by atoms with Crippen molar-refractivity contribution in [1.29, 1.82) is 0 Å². The zero-order valence-electron chi connectivity index (χ0n) is 18.1. The fourth-order valence-electron chi connectivity index (χ4n) is 4.21. The van der Waals surface area contributed by atoms with Gasteiger partial charge in [0.05, 0.1) is 0 Å². The van der Waals surface area contributed by atoms with Gasteiger partial charge in [0.1, 0.15) is 0 Å². The van der Waals surface area contributed by atoms with E-state index >= 15 is 0 Å². The van der Waals surface area contributed by atoms with Crippen LogP contribution in [-0.2, 0) is 0 Å². The predicted octanol–water partition coefficient (Wildman–Crippen LogP) is 8.64. The molecule has 0 amide bonds. The molecule has 0 nitrogen and oxygen atoms in total. The van der Waals surface area contributed by atoms with Crippen LogP contribution in [0.2, 0.25) is 0 Å². The molecule has 0 heteroatoms. The van der Waals surface area contributed by atoms with Crippen molar-refractivity contribution < 1.29 is 0 Å². The second kappa shape index (κ2) is 10.1. The molecule has 140 valence electrons. The standard InChI is InChI=1S/C23H48/c1-10-13-17-21(5,6)19-23(9,12-3)22(7,8)18-15-14-16-20(4)11-2/h20H,10-19H2,1-9H3. The smallest absolute Gasteiger partial charge is 0.0272 e. The summed E-state index contributed by atoms with van der Waals surface area (Å²) in [4.78, 5) is 0. The van der Waals surface area contributed by atoms with Crippen LogP contribution in [-0.4, -0.2) is 0 Å². The minimum absolute atomic E-state index is 0.445. The Bertz CT molecular complexity index is 299. The van der Waals surface area contributed by atoms with Crippen molar-refractivity contribution >= 4 is 0 Å². The molecule has 0 aromatic rings. The largest absolute Gasteiger partial charge is 0.0654 e. The summed E-state index contributed by atoms with van der Waals surface area (Å²) in [5.74, 6) is 0.906. The van der Waals surface area contributed by atoms with E-state index in [-0.39, 0.29) is 0 Å². The van der Waals surface area contributed by atoms with E-state index in [1.54, 1.807) is 0 Å². The summed E-state index contributed by atoms with van der Waals surface area (Å²) in [5, 5.41) is 0. The lowest BCUT2D eigenvalue weighted by Gasteiger charge is -2.48. The molecule has 0 N–H and O–H groups in total. The molecular weight excluding hydrogens is 276 g/mol. The van der Waals surface area contributed by atoms with Crippen LogP contribution in [0.4, 0.5) is 0 Å². The molecule has 0 heterocycles. The molecular formula is C23H48. The lowest BCUT2D eigenvalue weighted by molar-refractivity contribution is 0.0180. The van der Waals surface area contributed by atoms with Crippen LogP contribution < -0.4 is 0 Å². The average molecular weight is 325 g/mol. The summed E-state index contributed by atoms with van der Waals surface area (Å²) >= 11 is 0. The molecule has 0 aromatic carbocycles. The van der Waals surface area contributed by atoms with Gasteiger partial charge in [0.15, 0.2) is 0 Å². The van der Waals surface area contributed by atoms with Crippen LogP contribution in [0.5, 0.6) is 0 Å². The van der Waals surface area contributed by atoms with E-state index in [0.717, 1.165) is 5.92 Å². The van der Waals surface area contributed by atoms with Gasteiger partial charge in [0.2, 0.25) is 0 Å². The van der Waals surface area contributed by atoms with E-state index in [0.29, 0.717) is 16.2 Å². The summed E-state index contributed by atoms with van der Waals surface area (Å²) in [6.07, 6.45) is 13.7. The molecule has 0 saturated carbocycles. The monoisotopic (exact) mass is 324 g/mol. The van der Waals surface area contributed by atoms with E-state index in [1.807, 2.05) is 0 Å². The highest BCUT2D eigenvalue weighted by Gasteiger charge is 2.42. The Labute approximate surface area is 149 Å². The van der Waals surface area contributed by atoms with Gasteiger partial charge in [-0.3, -0.25) is 0 Å². The first-order valence-corrected chi connectivity index (χ1v) is 10.5. The maximum Gasteiger partial charge on any atom is -0.0272 e. The molecule has 2 unspecified atom stereocenters. The van der Waals surface area contributed by atoms with Gasteiger partial charge in [0.25, 0.3) is 0 Å². The van der Waals surface area contributed by atoms with Gasteiger partial charge in [-0.05, 0) is 41.4 Å². The maximum absolute atomic E-state index is 2.56. The van der Waals surface area contributed by atoms with Crippen LogP contribution in [0, 0.1) is 22.2 Å². The molecule has 0 aliphatic rings.